The number of nitrogens with one attached hydrogen (secondary N) is 1. The average Bonchev–Trinajstić information content (AvgIpc) is 2.42. The maximum absolute atomic E-state index is 9.95. The maximum atomic E-state index is 9.95. The lowest BCUT2D eigenvalue weighted by Crippen LogP contribution is -2.55. The Labute approximate surface area is 120 Å². The molecular weight excluding hydrogens is 260 g/mol. The molecule has 1 saturated heterocycles. The molecule has 0 aliphatic carbocycles. The number of nitrogens with zero attached hydrogens (tertiary/aromatic N) is 1. The zero-order chi connectivity index (χ0) is 13.8. The lowest BCUT2D eigenvalue weighted by molar-refractivity contribution is 0.116. The van der Waals surface area contributed by atoms with Crippen molar-refractivity contribution in [3.8, 4) is 5.75 Å². The fraction of sp³-hybridized carbons (Fsp3) is 0.600. The molecule has 0 bridgehead atoms. The molecule has 1 fully saturated rings. The highest BCUT2D eigenvalue weighted by Crippen LogP contribution is 2.25. The van der Waals surface area contributed by atoms with E-state index in [1.807, 2.05) is 6.07 Å². The standard InChI is InChI=1S/C15H23ClN2O/c1-3-13-10-18(14(4-2)8-17-13)9-11-7-12(16)5-6-15(11)19/h5-7,13-14,17,19H,3-4,8-10H2,1-2H3. The van der Waals surface area contributed by atoms with Crippen LogP contribution in [0.3, 0.4) is 0 Å². The highest BCUT2D eigenvalue weighted by molar-refractivity contribution is 6.30. The van der Waals surface area contributed by atoms with Gasteiger partial charge < -0.3 is 10.4 Å². The Kier molecular flexibility index (Phi) is 5.08. The highest BCUT2D eigenvalue weighted by atomic mass is 35.5. The fourth-order valence-electron chi connectivity index (χ4n) is 2.70. The van der Waals surface area contributed by atoms with Crippen molar-refractivity contribution in [3.63, 3.8) is 0 Å². The van der Waals surface area contributed by atoms with Crippen molar-refractivity contribution in [1.29, 1.82) is 0 Å². The van der Waals surface area contributed by atoms with Crippen LogP contribution < -0.4 is 5.32 Å². The lowest BCUT2D eigenvalue weighted by Gasteiger charge is -2.40. The largest absolute Gasteiger partial charge is 0.508 e. The van der Waals surface area contributed by atoms with Crippen molar-refractivity contribution in [2.75, 3.05) is 13.1 Å². The molecule has 19 heavy (non-hydrogen) atoms. The molecular formula is C15H23ClN2O. The van der Waals surface area contributed by atoms with E-state index in [9.17, 15) is 5.11 Å². The summed E-state index contributed by atoms with van der Waals surface area (Å²) in [5.74, 6) is 0.339. The van der Waals surface area contributed by atoms with E-state index in [1.165, 1.54) is 0 Å². The van der Waals surface area contributed by atoms with Gasteiger partial charge in [0.05, 0.1) is 0 Å². The summed E-state index contributed by atoms with van der Waals surface area (Å²) in [5.41, 5.74) is 0.919. The maximum Gasteiger partial charge on any atom is 0.120 e. The molecule has 2 unspecified atom stereocenters. The van der Waals surface area contributed by atoms with Gasteiger partial charge in [0.15, 0.2) is 0 Å². The first-order valence-electron chi connectivity index (χ1n) is 7.08. The number of hydrogen-bond donors (Lipinski definition) is 2. The molecule has 1 aliphatic rings. The first kappa shape index (κ1) is 14.6. The molecule has 0 spiro atoms. The lowest BCUT2D eigenvalue weighted by atomic mass is 10.0. The van der Waals surface area contributed by atoms with E-state index >= 15 is 0 Å². The zero-order valence-corrected chi connectivity index (χ0v) is 12.5. The topological polar surface area (TPSA) is 35.5 Å². The van der Waals surface area contributed by atoms with Gasteiger partial charge in [-0.2, -0.15) is 0 Å². The summed E-state index contributed by atoms with van der Waals surface area (Å²) >= 11 is 6.02. The van der Waals surface area contributed by atoms with Crippen molar-refractivity contribution in [2.45, 2.75) is 45.3 Å². The Morgan fingerprint density at radius 3 is 2.84 bits per heavy atom. The first-order valence-corrected chi connectivity index (χ1v) is 7.46. The number of rotatable bonds is 4. The number of piperazine rings is 1. The Morgan fingerprint density at radius 1 is 1.37 bits per heavy atom. The summed E-state index contributed by atoms with van der Waals surface area (Å²) in [6.45, 7) is 7.24. The minimum absolute atomic E-state index is 0.339. The number of hydrogen-bond acceptors (Lipinski definition) is 3. The van der Waals surface area contributed by atoms with Gasteiger partial charge in [-0.1, -0.05) is 25.4 Å². The molecule has 0 amide bonds. The second-order valence-corrected chi connectivity index (χ2v) is 5.71. The minimum Gasteiger partial charge on any atom is -0.508 e. The third-order valence-corrected chi connectivity index (χ3v) is 4.23. The molecule has 1 heterocycles. The van der Waals surface area contributed by atoms with Crippen LogP contribution >= 0.6 is 11.6 Å². The van der Waals surface area contributed by atoms with Crippen LogP contribution in [0.1, 0.15) is 32.3 Å². The van der Waals surface area contributed by atoms with Crippen LogP contribution in [0.2, 0.25) is 5.02 Å². The molecule has 0 saturated carbocycles. The summed E-state index contributed by atoms with van der Waals surface area (Å²) in [6.07, 6.45) is 2.25. The third kappa shape index (κ3) is 3.62. The van der Waals surface area contributed by atoms with Crippen molar-refractivity contribution < 1.29 is 5.11 Å². The molecule has 4 heteroatoms. The van der Waals surface area contributed by atoms with Gasteiger partial charge in [0.2, 0.25) is 0 Å². The van der Waals surface area contributed by atoms with E-state index in [-0.39, 0.29) is 0 Å². The summed E-state index contributed by atoms with van der Waals surface area (Å²) in [4.78, 5) is 2.45. The molecule has 2 rings (SSSR count). The SMILES string of the molecule is CCC1CN(Cc2cc(Cl)ccc2O)C(CC)CN1. The second kappa shape index (κ2) is 6.60. The molecule has 3 nitrogen and oxygen atoms in total. The number of phenolic OH excluding ortho intramolecular Hbond substituents is 1. The zero-order valence-electron chi connectivity index (χ0n) is 11.7. The monoisotopic (exact) mass is 282 g/mol. The van der Waals surface area contributed by atoms with Crippen LogP contribution in [0.4, 0.5) is 0 Å². The van der Waals surface area contributed by atoms with Crippen LogP contribution in [0.5, 0.6) is 5.75 Å². The molecule has 1 aromatic carbocycles. The molecule has 106 valence electrons. The van der Waals surface area contributed by atoms with Gasteiger partial charge in [-0.05, 0) is 31.0 Å². The van der Waals surface area contributed by atoms with Gasteiger partial charge in [-0.3, -0.25) is 4.90 Å². The Morgan fingerprint density at radius 2 is 2.16 bits per heavy atom. The molecule has 2 atom stereocenters. The van der Waals surface area contributed by atoms with E-state index in [1.54, 1.807) is 12.1 Å². The number of aromatic hydroxyl groups is 1. The summed E-state index contributed by atoms with van der Waals surface area (Å²) in [7, 11) is 0. The Hall–Kier alpha value is -0.770. The van der Waals surface area contributed by atoms with Crippen LogP contribution in [-0.2, 0) is 6.54 Å². The molecule has 0 aromatic heterocycles. The predicted octanol–water partition coefficient (Wildman–Crippen LogP) is 3.01. The van der Waals surface area contributed by atoms with Gasteiger partial charge >= 0.3 is 0 Å². The molecule has 1 aliphatic heterocycles. The number of phenols is 1. The summed E-state index contributed by atoms with van der Waals surface area (Å²) in [6, 6.07) is 6.35. The van der Waals surface area contributed by atoms with Gasteiger partial charge in [0, 0.05) is 42.3 Å². The summed E-state index contributed by atoms with van der Waals surface area (Å²) < 4.78 is 0. The van der Waals surface area contributed by atoms with E-state index in [0.29, 0.717) is 22.9 Å². The molecule has 1 aromatic rings. The van der Waals surface area contributed by atoms with Gasteiger partial charge in [0.25, 0.3) is 0 Å². The molecule has 2 N–H and O–H groups in total. The van der Waals surface area contributed by atoms with E-state index in [0.717, 1.165) is 38.0 Å². The minimum atomic E-state index is 0.339. The normalized spacial score (nSPS) is 24.6. The smallest absolute Gasteiger partial charge is 0.120 e. The van der Waals surface area contributed by atoms with Crippen LogP contribution in [0.25, 0.3) is 0 Å². The summed E-state index contributed by atoms with van der Waals surface area (Å²) in [5, 5.41) is 14.2. The van der Waals surface area contributed by atoms with Crippen molar-refractivity contribution in [1.82, 2.24) is 10.2 Å². The predicted molar refractivity (Wildman–Crippen MR) is 79.7 cm³/mol. The fourth-order valence-corrected chi connectivity index (χ4v) is 2.89. The van der Waals surface area contributed by atoms with E-state index in [2.05, 4.69) is 24.1 Å². The average molecular weight is 283 g/mol. The Balaban J connectivity index is 2.11. The van der Waals surface area contributed by atoms with E-state index < -0.39 is 0 Å². The van der Waals surface area contributed by atoms with Gasteiger partial charge in [-0.25, -0.2) is 0 Å². The third-order valence-electron chi connectivity index (χ3n) is 3.99. The van der Waals surface area contributed by atoms with E-state index in [4.69, 9.17) is 11.6 Å². The number of benzene rings is 1. The van der Waals surface area contributed by atoms with Crippen LogP contribution in [0, 0.1) is 0 Å². The van der Waals surface area contributed by atoms with Crippen LogP contribution in [-0.4, -0.2) is 35.2 Å². The number of halogens is 1. The molecule has 0 radical (unpaired) electrons. The van der Waals surface area contributed by atoms with Gasteiger partial charge in [-0.15, -0.1) is 0 Å². The highest BCUT2D eigenvalue weighted by Gasteiger charge is 2.26. The quantitative estimate of drug-likeness (QED) is 0.891. The Bertz CT molecular complexity index is 425. The van der Waals surface area contributed by atoms with Crippen molar-refractivity contribution in [2.24, 2.45) is 0 Å². The second-order valence-electron chi connectivity index (χ2n) is 5.28. The van der Waals surface area contributed by atoms with Gasteiger partial charge in [0.1, 0.15) is 5.75 Å². The van der Waals surface area contributed by atoms with Crippen molar-refractivity contribution >= 4 is 11.6 Å². The van der Waals surface area contributed by atoms with Crippen LogP contribution in [0.15, 0.2) is 18.2 Å². The first-order chi connectivity index (χ1) is 9.13. The van der Waals surface area contributed by atoms with Crippen molar-refractivity contribution in [3.05, 3.63) is 28.8 Å².